The maximum absolute atomic E-state index is 8.90. The third-order valence-corrected chi connectivity index (χ3v) is 5.19. The Morgan fingerprint density at radius 1 is 1.28 bits per heavy atom. The molecule has 0 amide bonds. The molecule has 0 saturated heterocycles. The summed E-state index contributed by atoms with van der Waals surface area (Å²) in [6.45, 7) is 0. The number of nitriles is 1. The highest BCUT2D eigenvalue weighted by atomic mass is 79.9. The molecule has 2 rings (SSSR count). The van der Waals surface area contributed by atoms with Crippen LogP contribution in [0.15, 0.2) is 33.6 Å². The van der Waals surface area contributed by atoms with Crippen LogP contribution >= 0.6 is 50.8 Å². The Hall–Kier alpha value is -1.000. The summed E-state index contributed by atoms with van der Waals surface area (Å²) in [7, 11) is 0. The van der Waals surface area contributed by atoms with E-state index >= 15 is 0 Å². The molecule has 2 N–H and O–H groups in total. The number of hydrogen-bond acceptors (Lipinski definition) is 4. The Balaban J connectivity index is 2.32. The van der Waals surface area contributed by atoms with E-state index in [9.17, 15) is 0 Å². The summed E-state index contributed by atoms with van der Waals surface area (Å²) in [6.07, 6.45) is 1.72. The fourth-order valence-electron chi connectivity index (χ4n) is 1.31. The molecule has 0 saturated carbocycles. The van der Waals surface area contributed by atoms with Crippen molar-refractivity contribution in [3.05, 3.63) is 38.5 Å². The van der Waals surface area contributed by atoms with E-state index in [1.807, 2.05) is 24.3 Å². The van der Waals surface area contributed by atoms with Gasteiger partial charge < -0.3 is 5.73 Å². The predicted molar refractivity (Wildman–Crippen MR) is 85.7 cm³/mol. The molecule has 0 aromatic carbocycles. The van der Waals surface area contributed by atoms with Gasteiger partial charge in [-0.1, -0.05) is 12.2 Å². The van der Waals surface area contributed by atoms with E-state index in [0.29, 0.717) is 5.57 Å². The summed E-state index contributed by atoms with van der Waals surface area (Å²) in [5.41, 5.74) is 5.80. The Kier molecular flexibility index (Phi) is 4.30. The van der Waals surface area contributed by atoms with Crippen LogP contribution in [0.2, 0.25) is 0 Å². The van der Waals surface area contributed by atoms with Gasteiger partial charge in [-0.3, -0.25) is 0 Å². The average molecular weight is 355 g/mol. The lowest BCUT2D eigenvalue weighted by atomic mass is 10.2. The van der Waals surface area contributed by atoms with Crippen molar-refractivity contribution in [2.75, 3.05) is 0 Å². The molecule has 0 unspecified atom stereocenters. The van der Waals surface area contributed by atoms with E-state index in [1.165, 1.54) is 4.88 Å². The molecular formula is C12H7BrN2S3. The summed E-state index contributed by atoms with van der Waals surface area (Å²) in [6, 6.07) is 10.1. The number of thiocarbonyl (C=S) groups is 1. The van der Waals surface area contributed by atoms with Crippen molar-refractivity contribution in [2.45, 2.75) is 0 Å². The van der Waals surface area contributed by atoms with Gasteiger partial charge in [0, 0.05) is 14.6 Å². The highest BCUT2D eigenvalue weighted by Crippen LogP contribution is 2.36. The quantitative estimate of drug-likeness (QED) is 0.503. The zero-order chi connectivity index (χ0) is 13.1. The first kappa shape index (κ1) is 13.4. The van der Waals surface area contributed by atoms with Gasteiger partial charge in [0.2, 0.25) is 0 Å². The van der Waals surface area contributed by atoms with Crippen LogP contribution in [0.4, 0.5) is 0 Å². The number of rotatable bonds is 3. The van der Waals surface area contributed by atoms with Crippen LogP contribution in [-0.4, -0.2) is 4.99 Å². The van der Waals surface area contributed by atoms with E-state index < -0.39 is 0 Å². The van der Waals surface area contributed by atoms with Gasteiger partial charge in [0.05, 0.1) is 9.36 Å². The molecule has 90 valence electrons. The van der Waals surface area contributed by atoms with Gasteiger partial charge in [-0.2, -0.15) is 5.26 Å². The normalized spacial score (nSPS) is 11.2. The van der Waals surface area contributed by atoms with Crippen LogP contribution in [-0.2, 0) is 0 Å². The third-order valence-electron chi connectivity index (χ3n) is 2.12. The number of halogens is 1. The van der Waals surface area contributed by atoms with Crippen LogP contribution in [0, 0.1) is 11.3 Å². The van der Waals surface area contributed by atoms with Crippen LogP contribution in [0.3, 0.4) is 0 Å². The lowest BCUT2D eigenvalue weighted by Gasteiger charge is -1.92. The topological polar surface area (TPSA) is 49.8 Å². The Labute approximate surface area is 126 Å². The molecule has 0 bridgehead atoms. The SMILES string of the molecule is N#CC(=Cc1ccc(-c2ccc(Br)s2)s1)C(N)=S. The van der Waals surface area contributed by atoms with Crippen molar-refractivity contribution in [3.63, 3.8) is 0 Å². The Morgan fingerprint density at radius 2 is 1.94 bits per heavy atom. The van der Waals surface area contributed by atoms with Crippen LogP contribution in [0.5, 0.6) is 0 Å². The van der Waals surface area contributed by atoms with Crippen LogP contribution < -0.4 is 5.73 Å². The molecule has 0 aliphatic heterocycles. The van der Waals surface area contributed by atoms with E-state index in [-0.39, 0.29) is 4.99 Å². The van der Waals surface area contributed by atoms with E-state index in [2.05, 4.69) is 22.0 Å². The number of nitrogens with zero attached hydrogens (tertiary/aromatic N) is 1. The third kappa shape index (κ3) is 3.06. The van der Waals surface area contributed by atoms with Crippen molar-refractivity contribution >= 4 is 61.9 Å². The summed E-state index contributed by atoms with van der Waals surface area (Å²) in [5.74, 6) is 0. The first-order chi connectivity index (χ1) is 8.60. The van der Waals surface area contributed by atoms with Gasteiger partial charge in [-0.25, -0.2) is 0 Å². The lowest BCUT2D eigenvalue weighted by Crippen LogP contribution is -2.09. The summed E-state index contributed by atoms with van der Waals surface area (Å²) in [4.78, 5) is 3.46. The second-order valence-corrected chi connectivity index (χ2v) is 7.36. The molecule has 0 atom stereocenters. The number of hydrogen-bond donors (Lipinski definition) is 1. The fraction of sp³-hybridized carbons (Fsp3) is 0. The van der Waals surface area contributed by atoms with Gasteiger partial charge >= 0.3 is 0 Å². The molecule has 2 aromatic heterocycles. The minimum atomic E-state index is 0.131. The first-order valence-electron chi connectivity index (χ1n) is 4.87. The molecule has 6 heteroatoms. The fourth-order valence-corrected chi connectivity index (χ4v) is 3.84. The van der Waals surface area contributed by atoms with Gasteiger partial charge in [-0.15, -0.1) is 22.7 Å². The van der Waals surface area contributed by atoms with E-state index in [0.717, 1.165) is 13.5 Å². The van der Waals surface area contributed by atoms with Crippen molar-refractivity contribution in [2.24, 2.45) is 5.73 Å². The second kappa shape index (κ2) is 5.76. The molecule has 0 aliphatic rings. The highest BCUT2D eigenvalue weighted by Gasteiger charge is 2.06. The molecule has 0 aliphatic carbocycles. The maximum Gasteiger partial charge on any atom is 0.114 e. The molecule has 2 nitrogen and oxygen atoms in total. The highest BCUT2D eigenvalue weighted by molar-refractivity contribution is 9.11. The molecule has 0 radical (unpaired) electrons. The smallest absolute Gasteiger partial charge is 0.114 e. The van der Waals surface area contributed by atoms with E-state index in [1.54, 1.807) is 28.7 Å². The monoisotopic (exact) mass is 354 g/mol. The molecule has 2 heterocycles. The maximum atomic E-state index is 8.90. The molecule has 0 fully saturated rings. The van der Waals surface area contributed by atoms with Gasteiger partial charge in [0.25, 0.3) is 0 Å². The van der Waals surface area contributed by atoms with Crippen molar-refractivity contribution in [1.29, 1.82) is 5.26 Å². The summed E-state index contributed by atoms with van der Waals surface area (Å²) < 4.78 is 1.10. The van der Waals surface area contributed by atoms with Gasteiger partial charge in [-0.05, 0) is 46.3 Å². The van der Waals surface area contributed by atoms with Crippen molar-refractivity contribution in [1.82, 2.24) is 0 Å². The van der Waals surface area contributed by atoms with Gasteiger partial charge in [0.1, 0.15) is 11.1 Å². The number of nitrogens with two attached hydrogens (primary N) is 1. The average Bonchev–Trinajstić information content (AvgIpc) is 2.94. The van der Waals surface area contributed by atoms with Gasteiger partial charge in [0.15, 0.2) is 0 Å². The Bertz CT molecular complexity index is 661. The van der Waals surface area contributed by atoms with Crippen LogP contribution in [0.1, 0.15) is 4.88 Å². The summed E-state index contributed by atoms with van der Waals surface area (Å²) >= 11 is 11.5. The molecule has 0 spiro atoms. The standard InChI is InChI=1S/C12H7BrN2S3/c13-11-4-3-10(18-11)9-2-1-8(17-9)5-7(6-14)12(15)16/h1-5H,(H2,15,16). The molecule has 2 aromatic rings. The minimum Gasteiger partial charge on any atom is -0.389 e. The van der Waals surface area contributed by atoms with E-state index in [4.69, 9.17) is 23.2 Å². The largest absolute Gasteiger partial charge is 0.389 e. The van der Waals surface area contributed by atoms with Crippen molar-refractivity contribution < 1.29 is 0 Å². The molecular weight excluding hydrogens is 348 g/mol. The van der Waals surface area contributed by atoms with Crippen molar-refractivity contribution in [3.8, 4) is 15.8 Å². The number of thiophene rings is 2. The zero-order valence-electron chi connectivity index (χ0n) is 9.01. The first-order valence-corrected chi connectivity index (χ1v) is 7.70. The summed E-state index contributed by atoms with van der Waals surface area (Å²) in [5, 5.41) is 8.90. The second-order valence-electron chi connectivity index (χ2n) is 3.34. The lowest BCUT2D eigenvalue weighted by molar-refractivity contribution is 1.52. The molecule has 18 heavy (non-hydrogen) atoms. The van der Waals surface area contributed by atoms with Crippen LogP contribution in [0.25, 0.3) is 15.8 Å². The minimum absolute atomic E-state index is 0.131. The Morgan fingerprint density at radius 3 is 2.50 bits per heavy atom. The zero-order valence-corrected chi connectivity index (χ0v) is 13.0. The predicted octanol–water partition coefficient (Wildman–Crippen LogP) is 4.43.